The number of alkyl halides is 1. The van der Waals surface area contributed by atoms with E-state index < -0.39 is 6.04 Å². The first kappa shape index (κ1) is 6.66. The van der Waals surface area contributed by atoms with Gasteiger partial charge in [0.05, 0.1) is 0 Å². The Morgan fingerprint density at radius 1 is 1.40 bits per heavy atom. The second-order valence-electron chi connectivity index (χ2n) is 0.545. The van der Waals surface area contributed by atoms with E-state index in [1.54, 1.807) is 0 Å². The molecule has 0 nitrogen and oxygen atoms in total. The summed E-state index contributed by atoms with van der Waals surface area (Å²) in [5.74, 6) is 0. The number of hydrogen-bond donors (Lipinski definition) is 0. The van der Waals surface area contributed by atoms with Gasteiger partial charge < -0.3 is 0 Å². The molecule has 0 aliphatic heterocycles. The van der Waals surface area contributed by atoms with Crippen molar-refractivity contribution in [1.82, 2.24) is 0 Å². The molecular weight excluding hydrogens is 280 g/mol. The van der Waals surface area contributed by atoms with Crippen LogP contribution in [0.25, 0.3) is 0 Å². The summed E-state index contributed by atoms with van der Waals surface area (Å²) in [6, 6.07) is -0.608. The van der Waals surface area contributed by atoms with Crippen molar-refractivity contribution in [2.75, 3.05) is 4.95 Å². The summed E-state index contributed by atoms with van der Waals surface area (Å²) in [6.07, 6.45) is 0. The Morgan fingerprint density at radius 2 is 1.60 bits per heavy atom. The average molecular weight is 283 g/mol. The van der Waals surface area contributed by atoms with Gasteiger partial charge in [-0.3, -0.25) is 0 Å². The highest BCUT2D eigenvalue weighted by molar-refractivity contribution is 9.49. The van der Waals surface area contributed by atoms with Gasteiger partial charge in [0.1, 0.15) is 0 Å². The summed E-state index contributed by atoms with van der Waals surface area (Å²) in [5, 5.41) is 0. The summed E-state index contributed by atoms with van der Waals surface area (Å²) in [6.45, 7) is 0. The Labute approximate surface area is 57.2 Å². The highest BCUT2D eigenvalue weighted by Crippen LogP contribution is 2.03. The lowest BCUT2D eigenvalue weighted by molar-refractivity contribution is 2.29. The fourth-order valence-corrected chi connectivity index (χ4v) is 0. The molecule has 32 valence electrons. The van der Waals surface area contributed by atoms with Crippen molar-refractivity contribution in [3.05, 3.63) is 0 Å². The normalized spacial score (nSPS) is 9.60. The monoisotopic (exact) mass is 280 g/mol. The molecule has 0 fully saturated rings. The predicted molar refractivity (Wildman–Crippen MR) is 38.8 cm³/mol. The van der Waals surface area contributed by atoms with Crippen molar-refractivity contribution in [3.63, 3.8) is 0 Å². The van der Waals surface area contributed by atoms with Crippen LogP contribution in [0.3, 0.4) is 0 Å². The molecule has 5 heavy (non-hydrogen) atoms. The summed E-state index contributed by atoms with van der Waals surface area (Å²) >= 11 is 10.0. The third-order valence-electron chi connectivity index (χ3n) is 0.117. The molecule has 0 aliphatic carbocycles. The first-order chi connectivity index (χ1) is 2.27. The maximum absolute atomic E-state index is 3.38. The molecular formula is CH3Br3Si. The Bertz CT molecular complexity index is 20.9. The van der Waals surface area contributed by atoms with E-state index in [2.05, 4.69) is 46.5 Å². The summed E-state index contributed by atoms with van der Waals surface area (Å²) in [7, 11) is 0. The number of hydrogen-bond acceptors (Lipinski definition) is 0. The van der Waals surface area contributed by atoms with Crippen molar-refractivity contribution < 1.29 is 0 Å². The van der Waals surface area contributed by atoms with Gasteiger partial charge in [-0.1, -0.05) is 15.9 Å². The summed E-state index contributed by atoms with van der Waals surface area (Å²) in [5.41, 5.74) is 0. The van der Waals surface area contributed by atoms with Gasteiger partial charge in [-0.15, -0.1) is 30.6 Å². The predicted octanol–water partition coefficient (Wildman–Crippen LogP) is 1.93. The zero-order valence-corrected chi connectivity index (χ0v) is 8.33. The van der Waals surface area contributed by atoms with Gasteiger partial charge in [0.25, 0.3) is 0 Å². The van der Waals surface area contributed by atoms with E-state index in [4.69, 9.17) is 0 Å². The maximum atomic E-state index is 3.38. The molecule has 0 atom stereocenters. The third kappa shape index (κ3) is 5.66. The van der Waals surface area contributed by atoms with E-state index in [-0.39, 0.29) is 0 Å². The molecule has 0 radical (unpaired) electrons. The van der Waals surface area contributed by atoms with Crippen LogP contribution >= 0.6 is 46.5 Å². The molecule has 0 bridgehead atoms. The smallest absolute Gasteiger partial charge is 0.115 e. The van der Waals surface area contributed by atoms with Crippen molar-refractivity contribution in [3.8, 4) is 0 Å². The lowest BCUT2D eigenvalue weighted by Gasteiger charge is -1.80. The van der Waals surface area contributed by atoms with Gasteiger partial charge in [0.2, 0.25) is 0 Å². The van der Waals surface area contributed by atoms with Crippen LogP contribution in [-0.2, 0) is 0 Å². The van der Waals surface area contributed by atoms with E-state index in [1.807, 2.05) is 0 Å². The second-order valence-corrected chi connectivity index (χ2v) is 13.9. The Morgan fingerprint density at radius 3 is 1.60 bits per heavy atom. The standard InChI is InChI=1S/CH3Br3Si/c2-1-5(3)4/h5H,1H2. The van der Waals surface area contributed by atoms with Crippen molar-refractivity contribution in [1.29, 1.82) is 0 Å². The lowest BCUT2D eigenvalue weighted by Crippen LogP contribution is -1.88. The minimum absolute atomic E-state index is 0.608. The van der Waals surface area contributed by atoms with E-state index in [0.29, 0.717) is 0 Å². The average Bonchev–Trinajstić information content (AvgIpc) is 1.38. The van der Waals surface area contributed by atoms with Crippen LogP contribution in [-0.4, -0.2) is 11.0 Å². The fourth-order valence-electron chi connectivity index (χ4n) is 0. The zero-order valence-electron chi connectivity index (χ0n) is 2.42. The van der Waals surface area contributed by atoms with Crippen LogP contribution < -0.4 is 0 Å². The van der Waals surface area contributed by atoms with Crippen LogP contribution in [0.5, 0.6) is 0 Å². The third-order valence-corrected chi connectivity index (χ3v) is 9.45. The second kappa shape index (κ2) is 3.83. The number of halogens is 3. The molecule has 0 spiro atoms. The van der Waals surface area contributed by atoms with Gasteiger partial charge in [-0.05, 0) is 0 Å². The summed E-state index contributed by atoms with van der Waals surface area (Å²) in [4.78, 5) is 1.09. The summed E-state index contributed by atoms with van der Waals surface area (Å²) < 4.78 is 0. The topological polar surface area (TPSA) is 0 Å². The molecule has 0 unspecified atom stereocenters. The zero-order chi connectivity index (χ0) is 4.28. The van der Waals surface area contributed by atoms with E-state index >= 15 is 0 Å². The quantitative estimate of drug-likeness (QED) is 0.392. The molecule has 4 heteroatoms. The maximum Gasteiger partial charge on any atom is 0.196 e. The van der Waals surface area contributed by atoms with E-state index in [0.717, 1.165) is 4.95 Å². The molecule has 0 amide bonds. The van der Waals surface area contributed by atoms with Crippen LogP contribution in [0, 0.1) is 0 Å². The molecule has 0 aliphatic rings. The minimum Gasteiger partial charge on any atom is -0.115 e. The fraction of sp³-hybridized carbons (Fsp3) is 1.00. The van der Waals surface area contributed by atoms with Crippen LogP contribution in [0.4, 0.5) is 0 Å². The molecule has 0 rings (SSSR count). The molecule has 0 heterocycles. The molecule has 0 aromatic carbocycles. The van der Waals surface area contributed by atoms with E-state index in [9.17, 15) is 0 Å². The van der Waals surface area contributed by atoms with Crippen molar-refractivity contribution in [2.24, 2.45) is 0 Å². The SMILES string of the molecule is BrC[SiH](Br)Br. The first-order valence-corrected chi connectivity index (χ1v) is 9.42. The Kier molecular flexibility index (Phi) is 5.10. The van der Waals surface area contributed by atoms with Crippen LogP contribution in [0.2, 0.25) is 0 Å². The highest BCUT2D eigenvalue weighted by atomic mass is 79.9. The number of rotatable bonds is 1. The molecule has 0 aromatic rings. The van der Waals surface area contributed by atoms with Crippen molar-refractivity contribution >= 4 is 52.6 Å². The van der Waals surface area contributed by atoms with Gasteiger partial charge in [-0.2, -0.15) is 0 Å². The Balaban J connectivity index is 2.54. The molecule has 0 N–H and O–H groups in total. The Hall–Kier alpha value is 1.66. The van der Waals surface area contributed by atoms with Crippen molar-refractivity contribution in [2.45, 2.75) is 0 Å². The molecule has 0 aromatic heterocycles. The molecule has 0 saturated heterocycles. The first-order valence-electron chi connectivity index (χ1n) is 1.11. The minimum atomic E-state index is -0.608. The van der Waals surface area contributed by atoms with Gasteiger partial charge in [0, 0.05) is 4.95 Å². The van der Waals surface area contributed by atoms with Gasteiger partial charge in [0.15, 0.2) is 6.04 Å². The highest BCUT2D eigenvalue weighted by Gasteiger charge is 1.91. The molecule has 0 saturated carbocycles. The van der Waals surface area contributed by atoms with Crippen LogP contribution in [0.1, 0.15) is 0 Å². The van der Waals surface area contributed by atoms with Gasteiger partial charge >= 0.3 is 0 Å². The van der Waals surface area contributed by atoms with E-state index in [1.165, 1.54) is 0 Å². The largest absolute Gasteiger partial charge is 0.196 e. The van der Waals surface area contributed by atoms with Crippen LogP contribution in [0.15, 0.2) is 0 Å². The van der Waals surface area contributed by atoms with Gasteiger partial charge in [-0.25, -0.2) is 0 Å². The lowest BCUT2D eigenvalue weighted by atomic mass is 11.9.